The Morgan fingerprint density at radius 1 is 1.09 bits per heavy atom. The minimum Gasteiger partial charge on any atom is -0.463 e. The fraction of sp³-hybridized carbons (Fsp3) is 0.111. The third-order valence-electron chi connectivity index (χ3n) is 3.46. The summed E-state index contributed by atoms with van der Waals surface area (Å²) >= 11 is 0. The number of hydrazone groups is 1. The molecule has 3 rings (SSSR count). The van der Waals surface area contributed by atoms with E-state index in [0.717, 1.165) is 16.3 Å². The van der Waals surface area contributed by atoms with Crippen LogP contribution in [0.25, 0.3) is 10.8 Å². The molecule has 0 fully saturated rings. The molecule has 0 aliphatic heterocycles. The molecule has 0 radical (unpaired) electrons. The number of furan rings is 1. The van der Waals surface area contributed by atoms with Crippen LogP contribution in [0.3, 0.4) is 0 Å². The zero-order valence-electron chi connectivity index (χ0n) is 12.2. The van der Waals surface area contributed by atoms with Gasteiger partial charge in [0.25, 0.3) is 0 Å². The van der Waals surface area contributed by atoms with Gasteiger partial charge in [-0.15, -0.1) is 0 Å². The summed E-state index contributed by atoms with van der Waals surface area (Å²) in [5, 5.41) is 6.28. The fourth-order valence-electron chi connectivity index (χ4n) is 2.34. The lowest BCUT2D eigenvalue weighted by Crippen LogP contribution is -2.21. The van der Waals surface area contributed by atoms with Crippen LogP contribution in [0.4, 0.5) is 0 Å². The molecule has 4 heteroatoms. The fourth-order valence-corrected chi connectivity index (χ4v) is 2.34. The van der Waals surface area contributed by atoms with Crippen molar-refractivity contribution in [3.05, 3.63) is 72.2 Å². The average Bonchev–Trinajstić information content (AvgIpc) is 3.07. The summed E-state index contributed by atoms with van der Waals surface area (Å²) in [6, 6.07) is 17.6. The largest absolute Gasteiger partial charge is 0.463 e. The van der Waals surface area contributed by atoms with Gasteiger partial charge in [-0.1, -0.05) is 42.5 Å². The van der Waals surface area contributed by atoms with Gasteiger partial charge in [-0.25, -0.2) is 5.43 Å². The standard InChI is InChI=1S/C18H16N2O2/c1-13(17-10-5-11-22-17)19-20-18(21)12-15-8-4-7-14-6-2-3-9-16(14)15/h2-11H,12H2,1H3,(H,20,21)/b19-13+. The smallest absolute Gasteiger partial charge is 0.244 e. The van der Waals surface area contributed by atoms with Crippen molar-refractivity contribution in [2.24, 2.45) is 5.10 Å². The lowest BCUT2D eigenvalue weighted by molar-refractivity contribution is -0.120. The van der Waals surface area contributed by atoms with Crippen LogP contribution in [0.15, 0.2) is 70.4 Å². The molecule has 1 N–H and O–H groups in total. The van der Waals surface area contributed by atoms with E-state index in [4.69, 9.17) is 4.42 Å². The van der Waals surface area contributed by atoms with Crippen molar-refractivity contribution in [3.8, 4) is 0 Å². The topological polar surface area (TPSA) is 54.6 Å². The molecule has 1 aromatic heterocycles. The minimum absolute atomic E-state index is 0.151. The summed E-state index contributed by atoms with van der Waals surface area (Å²) in [5.41, 5.74) is 4.20. The summed E-state index contributed by atoms with van der Waals surface area (Å²) in [5.74, 6) is 0.493. The Balaban J connectivity index is 1.72. The van der Waals surface area contributed by atoms with E-state index in [1.807, 2.05) is 42.5 Å². The lowest BCUT2D eigenvalue weighted by Gasteiger charge is -2.06. The lowest BCUT2D eigenvalue weighted by atomic mass is 10.0. The van der Waals surface area contributed by atoms with E-state index in [1.165, 1.54) is 0 Å². The maximum absolute atomic E-state index is 12.1. The molecule has 2 aromatic carbocycles. The Morgan fingerprint density at radius 2 is 1.91 bits per heavy atom. The van der Waals surface area contributed by atoms with Gasteiger partial charge in [-0.3, -0.25) is 4.79 Å². The molecule has 110 valence electrons. The highest BCUT2D eigenvalue weighted by atomic mass is 16.3. The number of rotatable bonds is 4. The molecule has 1 amide bonds. The van der Waals surface area contributed by atoms with Crippen molar-refractivity contribution >= 4 is 22.4 Å². The number of carbonyl (C=O) groups is 1. The zero-order chi connectivity index (χ0) is 15.4. The molecule has 4 nitrogen and oxygen atoms in total. The predicted octanol–water partition coefficient (Wildman–Crippen LogP) is 3.52. The van der Waals surface area contributed by atoms with Crippen LogP contribution in [0, 0.1) is 0 Å². The molecule has 0 atom stereocenters. The van der Waals surface area contributed by atoms with Crippen LogP contribution >= 0.6 is 0 Å². The van der Waals surface area contributed by atoms with Gasteiger partial charge in [0, 0.05) is 0 Å². The first-order valence-electron chi connectivity index (χ1n) is 7.07. The maximum Gasteiger partial charge on any atom is 0.244 e. The van der Waals surface area contributed by atoms with Crippen LogP contribution in [0.1, 0.15) is 18.2 Å². The summed E-state index contributed by atoms with van der Waals surface area (Å²) in [4.78, 5) is 12.1. The molecule has 0 saturated heterocycles. The van der Waals surface area contributed by atoms with Crippen LogP contribution in [-0.4, -0.2) is 11.6 Å². The number of nitrogens with one attached hydrogen (secondary N) is 1. The van der Waals surface area contributed by atoms with Crippen LogP contribution in [0.2, 0.25) is 0 Å². The molecular weight excluding hydrogens is 276 g/mol. The van der Waals surface area contributed by atoms with Gasteiger partial charge >= 0.3 is 0 Å². The van der Waals surface area contributed by atoms with Crippen molar-refractivity contribution in [3.63, 3.8) is 0 Å². The normalized spacial score (nSPS) is 11.6. The molecular formula is C18H16N2O2. The Labute approximate surface area is 128 Å². The van der Waals surface area contributed by atoms with Crippen molar-refractivity contribution in [1.82, 2.24) is 5.43 Å². The van der Waals surface area contributed by atoms with E-state index in [9.17, 15) is 4.79 Å². The van der Waals surface area contributed by atoms with Crippen LogP contribution in [-0.2, 0) is 11.2 Å². The Morgan fingerprint density at radius 3 is 2.73 bits per heavy atom. The van der Waals surface area contributed by atoms with Gasteiger partial charge in [0.1, 0.15) is 11.5 Å². The van der Waals surface area contributed by atoms with Gasteiger partial charge in [0.2, 0.25) is 5.91 Å². The summed E-state index contributed by atoms with van der Waals surface area (Å²) in [6.45, 7) is 1.79. The average molecular weight is 292 g/mol. The van der Waals surface area contributed by atoms with Crippen LogP contribution in [0.5, 0.6) is 0 Å². The molecule has 0 bridgehead atoms. The van der Waals surface area contributed by atoms with Crippen molar-refractivity contribution in [2.45, 2.75) is 13.3 Å². The van der Waals surface area contributed by atoms with Gasteiger partial charge in [-0.05, 0) is 35.4 Å². The number of amides is 1. The Hall–Kier alpha value is -2.88. The highest BCUT2D eigenvalue weighted by molar-refractivity contribution is 5.97. The van der Waals surface area contributed by atoms with E-state index in [0.29, 0.717) is 11.5 Å². The van der Waals surface area contributed by atoms with Crippen molar-refractivity contribution < 1.29 is 9.21 Å². The number of carbonyl (C=O) groups excluding carboxylic acids is 1. The second-order valence-electron chi connectivity index (χ2n) is 5.02. The quantitative estimate of drug-likeness (QED) is 0.591. The molecule has 3 aromatic rings. The highest BCUT2D eigenvalue weighted by Crippen LogP contribution is 2.18. The van der Waals surface area contributed by atoms with Crippen molar-refractivity contribution in [2.75, 3.05) is 0 Å². The van der Waals surface area contributed by atoms with E-state index in [2.05, 4.69) is 10.5 Å². The van der Waals surface area contributed by atoms with Gasteiger partial charge in [-0.2, -0.15) is 5.10 Å². The summed E-state index contributed by atoms with van der Waals surface area (Å²) in [7, 11) is 0. The molecule has 0 aliphatic carbocycles. The second-order valence-corrected chi connectivity index (χ2v) is 5.02. The van der Waals surface area contributed by atoms with E-state index < -0.39 is 0 Å². The van der Waals surface area contributed by atoms with E-state index >= 15 is 0 Å². The third kappa shape index (κ3) is 3.06. The van der Waals surface area contributed by atoms with Crippen molar-refractivity contribution in [1.29, 1.82) is 0 Å². The SMILES string of the molecule is C/C(=N\NC(=O)Cc1cccc2ccccc12)c1ccco1. The second kappa shape index (κ2) is 6.26. The molecule has 0 saturated carbocycles. The van der Waals surface area contributed by atoms with Gasteiger partial charge in [0.05, 0.1) is 12.7 Å². The molecule has 0 aliphatic rings. The predicted molar refractivity (Wildman–Crippen MR) is 86.7 cm³/mol. The molecule has 0 unspecified atom stereocenters. The Kier molecular flexibility index (Phi) is 4.01. The number of fused-ring (bicyclic) bond motifs is 1. The first kappa shape index (κ1) is 14.1. The van der Waals surface area contributed by atoms with Gasteiger partial charge < -0.3 is 4.42 Å². The number of hydrogen-bond acceptors (Lipinski definition) is 3. The Bertz CT molecular complexity index is 815. The summed E-state index contributed by atoms with van der Waals surface area (Å²) in [6.07, 6.45) is 1.86. The first-order chi connectivity index (χ1) is 10.7. The maximum atomic E-state index is 12.1. The first-order valence-corrected chi connectivity index (χ1v) is 7.07. The monoisotopic (exact) mass is 292 g/mol. The van der Waals surface area contributed by atoms with E-state index in [1.54, 1.807) is 25.3 Å². The number of nitrogens with zero attached hydrogens (tertiary/aromatic N) is 1. The van der Waals surface area contributed by atoms with Crippen LogP contribution < -0.4 is 5.43 Å². The summed E-state index contributed by atoms with van der Waals surface area (Å²) < 4.78 is 5.22. The number of benzene rings is 2. The van der Waals surface area contributed by atoms with E-state index in [-0.39, 0.29) is 12.3 Å². The minimum atomic E-state index is -0.151. The molecule has 0 spiro atoms. The molecule has 1 heterocycles. The molecule has 22 heavy (non-hydrogen) atoms. The highest BCUT2D eigenvalue weighted by Gasteiger charge is 2.07. The van der Waals surface area contributed by atoms with Gasteiger partial charge in [0.15, 0.2) is 0 Å². The third-order valence-corrected chi connectivity index (χ3v) is 3.46. The zero-order valence-corrected chi connectivity index (χ0v) is 12.2. The number of hydrogen-bond donors (Lipinski definition) is 1.